The fourth-order valence-corrected chi connectivity index (χ4v) is 2.12. The Balaban J connectivity index is 2.20. The van der Waals surface area contributed by atoms with Gasteiger partial charge in [-0.2, -0.15) is 5.10 Å². The Hall–Kier alpha value is -1.88. The molecule has 2 rings (SSSR count). The molecule has 6 heteroatoms. The predicted molar refractivity (Wildman–Crippen MR) is 82.5 cm³/mol. The van der Waals surface area contributed by atoms with Gasteiger partial charge in [-0.3, -0.25) is 4.68 Å². The molecular weight excluding hydrogens is 276 g/mol. The van der Waals surface area contributed by atoms with Gasteiger partial charge in [0, 0.05) is 32.9 Å². The van der Waals surface area contributed by atoms with Crippen LogP contribution in [0.4, 0.5) is 11.4 Å². The highest BCUT2D eigenvalue weighted by Gasteiger charge is 2.12. The molecular formula is C14H19ClN4O. The summed E-state index contributed by atoms with van der Waals surface area (Å²) in [7, 11) is 5.78. The van der Waals surface area contributed by atoms with Crippen molar-refractivity contribution in [3.8, 4) is 5.75 Å². The van der Waals surface area contributed by atoms with Crippen molar-refractivity contribution < 1.29 is 4.74 Å². The maximum absolute atomic E-state index is 6.20. The second kappa shape index (κ2) is 5.63. The number of rotatable bonds is 4. The minimum Gasteiger partial charge on any atom is -0.485 e. The first-order valence-corrected chi connectivity index (χ1v) is 6.65. The van der Waals surface area contributed by atoms with E-state index in [1.54, 1.807) is 4.68 Å². The molecule has 0 atom stereocenters. The van der Waals surface area contributed by atoms with Crippen molar-refractivity contribution in [2.24, 2.45) is 7.05 Å². The van der Waals surface area contributed by atoms with Crippen LogP contribution in [0.2, 0.25) is 5.02 Å². The van der Waals surface area contributed by atoms with E-state index < -0.39 is 0 Å². The van der Waals surface area contributed by atoms with Crippen LogP contribution >= 0.6 is 11.6 Å². The van der Waals surface area contributed by atoms with Gasteiger partial charge in [0.1, 0.15) is 12.4 Å². The lowest BCUT2D eigenvalue weighted by atomic mass is 10.2. The van der Waals surface area contributed by atoms with Gasteiger partial charge in [0.15, 0.2) is 0 Å². The van der Waals surface area contributed by atoms with Gasteiger partial charge in [0.25, 0.3) is 0 Å². The molecule has 0 aliphatic carbocycles. The van der Waals surface area contributed by atoms with Crippen LogP contribution in [0.1, 0.15) is 11.4 Å². The lowest BCUT2D eigenvalue weighted by Crippen LogP contribution is -2.10. The van der Waals surface area contributed by atoms with Crippen molar-refractivity contribution in [2.45, 2.75) is 13.5 Å². The van der Waals surface area contributed by atoms with Crippen LogP contribution in [-0.4, -0.2) is 23.9 Å². The van der Waals surface area contributed by atoms with Crippen molar-refractivity contribution >= 4 is 23.0 Å². The maximum Gasteiger partial charge on any atom is 0.144 e. The molecule has 0 unspecified atom stereocenters. The Morgan fingerprint density at radius 3 is 2.65 bits per heavy atom. The molecule has 108 valence electrons. The summed E-state index contributed by atoms with van der Waals surface area (Å²) in [5.74, 6) is 0.645. The van der Waals surface area contributed by atoms with Crippen molar-refractivity contribution in [3.05, 3.63) is 34.6 Å². The quantitative estimate of drug-likeness (QED) is 0.881. The second-order valence-corrected chi connectivity index (χ2v) is 5.25. The highest BCUT2D eigenvalue weighted by Crippen LogP contribution is 2.28. The monoisotopic (exact) mass is 294 g/mol. The Morgan fingerprint density at radius 2 is 2.10 bits per heavy atom. The first kappa shape index (κ1) is 14.5. The van der Waals surface area contributed by atoms with E-state index in [4.69, 9.17) is 22.1 Å². The Kier molecular flexibility index (Phi) is 4.09. The van der Waals surface area contributed by atoms with Gasteiger partial charge in [-0.25, -0.2) is 0 Å². The molecule has 0 spiro atoms. The second-order valence-electron chi connectivity index (χ2n) is 4.87. The number of ether oxygens (including phenoxy) is 1. The van der Waals surface area contributed by atoms with Gasteiger partial charge >= 0.3 is 0 Å². The number of nitrogens with two attached hydrogens (primary N) is 1. The standard InChI is InChI=1S/C14H19ClN4O/c1-9-14(15)12(19(4)17-9)8-20-13-7-10(18(2)3)5-6-11(13)16/h5-7H,8,16H2,1-4H3. The summed E-state index contributed by atoms with van der Waals surface area (Å²) in [5.41, 5.74) is 9.19. The number of hydrogen-bond donors (Lipinski definition) is 1. The normalized spacial score (nSPS) is 10.7. The zero-order valence-electron chi connectivity index (χ0n) is 12.1. The van der Waals surface area contributed by atoms with E-state index in [-0.39, 0.29) is 0 Å². The minimum absolute atomic E-state index is 0.331. The summed E-state index contributed by atoms with van der Waals surface area (Å²) in [6.07, 6.45) is 0. The Morgan fingerprint density at radius 1 is 1.40 bits per heavy atom. The van der Waals surface area contributed by atoms with E-state index in [9.17, 15) is 0 Å². The lowest BCUT2D eigenvalue weighted by Gasteiger charge is -2.16. The van der Waals surface area contributed by atoms with E-state index >= 15 is 0 Å². The fourth-order valence-electron chi connectivity index (χ4n) is 1.91. The third kappa shape index (κ3) is 2.82. The minimum atomic E-state index is 0.331. The molecule has 0 amide bonds. The third-order valence-corrected chi connectivity index (χ3v) is 3.63. The molecule has 5 nitrogen and oxygen atoms in total. The van der Waals surface area contributed by atoms with Crippen LogP contribution in [0, 0.1) is 6.92 Å². The van der Waals surface area contributed by atoms with Gasteiger partial charge in [0.05, 0.1) is 22.1 Å². The number of aryl methyl sites for hydroxylation is 2. The molecule has 0 bridgehead atoms. The van der Waals surface area contributed by atoms with Crippen LogP contribution in [0.15, 0.2) is 18.2 Å². The van der Waals surface area contributed by atoms with Gasteiger partial charge in [-0.05, 0) is 19.1 Å². The first-order valence-electron chi connectivity index (χ1n) is 6.27. The number of anilines is 2. The van der Waals surface area contributed by atoms with Crippen LogP contribution < -0.4 is 15.4 Å². The average Bonchev–Trinajstić information content (AvgIpc) is 2.63. The molecule has 0 radical (unpaired) electrons. The molecule has 1 aromatic heterocycles. The van der Waals surface area contributed by atoms with Crippen LogP contribution in [0.3, 0.4) is 0 Å². The third-order valence-electron chi connectivity index (χ3n) is 3.14. The van der Waals surface area contributed by atoms with E-state index in [0.717, 1.165) is 17.1 Å². The molecule has 2 aromatic rings. The molecule has 1 heterocycles. The van der Waals surface area contributed by atoms with E-state index in [1.807, 2.05) is 51.2 Å². The maximum atomic E-state index is 6.20. The molecule has 0 aliphatic heterocycles. The number of halogens is 1. The largest absolute Gasteiger partial charge is 0.485 e. The molecule has 0 saturated heterocycles. The number of aromatic nitrogens is 2. The molecule has 20 heavy (non-hydrogen) atoms. The summed E-state index contributed by atoms with van der Waals surface area (Å²) in [4.78, 5) is 1.99. The van der Waals surface area contributed by atoms with Gasteiger partial charge in [-0.15, -0.1) is 0 Å². The highest BCUT2D eigenvalue weighted by atomic mass is 35.5. The summed E-state index contributed by atoms with van der Waals surface area (Å²) in [5, 5.41) is 4.89. The topological polar surface area (TPSA) is 56.3 Å². The zero-order chi connectivity index (χ0) is 14.9. The average molecular weight is 295 g/mol. The van der Waals surface area contributed by atoms with Crippen molar-refractivity contribution in [3.63, 3.8) is 0 Å². The smallest absolute Gasteiger partial charge is 0.144 e. The summed E-state index contributed by atoms with van der Waals surface area (Å²) in [6.45, 7) is 2.20. The highest BCUT2D eigenvalue weighted by molar-refractivity contribution is 6.31. The number of benzene rings is 1. The number of nitrogens with zero attached hydrogens (tertiary/aromatic N) is 3. The molecule has 0 saturated carbocycles. The SMILES string of the molecule is Cc1nn(C)c(COc2cc(N(C)C)ccc2N)c1Cl. The molecule has 0 fully saturated rings. The van der Waals surface area contributed by atoms with Crippen LogP contribution in [0.25, 0.3) is 0 Å². The number of nitrogen functional groups attached to an aromatic ring is 1. The lowest BCUT2D eigenvalue weighted by molar-refractivity contribution is 0.296. The Bertz CT molecular complexity index is 622. The summed E-state index contributed by atoms with van der Waals surface area (Å²) in [6, 6.07) is 5.69. The van der Waals surface area contributed by atoms with Crippen LogP contribution in [-0.2, 0) is 13.7 Å². The van der Waals surface area contributed by atoms with Gasteiger partial charge in [0.2, 0.25) is 0 Å². The van der Waals surface area contributed by atoms with Crippen molar-refractivity contribution in [1.82, 2.24) is 9.78 Å². The van der Waals surface area contributed by atoms with Crippen molar-refractivity contribution in [1.29, 1.82) is 0 Å². The van der Waals surface area contributed by atoms with Crippen molar-refractivity contribution in [2.75, 3.05) is 24.7 Å². The molecule has 2 N–H and O–H groups in total. The zero-order valence-corrected chi connectivity index (χ0v) is 12.9. The first-order chi connectivity index (χ1) is 9.40. The molecule has 0 aliphatic rings. The predicted octanol–water partition coefficient (Wildman–Crippen LogP) is 2.61. The van der Waals surface area contributed by atoms with Crippen LogP contribution in [0.5, 0.6) is 5.75 Å². The van der Waals surface area contributed by atoms with E-state index in [0.29, 0.717) is 23.1 Å². The van der Waals surface area contributed by atoms with Gasteiger partial charge < -0.3 is 15.4 Å². The summed E-state index contributed by atoms with van der Waals surface area (Å²) >= 11 is 6.20. The Labute approximate surface area is 123 Å². The fraction of sp³-hybridized carbons (Fsp3) is 0.357. The van der Waals surface area contributed by atoms with Gasteiger partial charge in [-0.1, -0.05) is 11.6 Å². The van der Waals surface area contributed by atoms with E-state index in [1.165, 1.54) is 0 Å². The van der Waals surface area contributed by atoms with E-state index in [2.05, 4.69) is 5.10 Å². The number of hydrogen-bond acceptors (Lipinski definition) is 4. The molecule has 1 aromatic carbocycles. The summed E-state index contributed by atoms with van der Waals surface area (Å²) < 4.78 is 7.52.